The number of sulfonamides is 1. The molecule has 6 heteroatoms. The summed E-state index contributed by atoms with van der Waals surface area (Å²) in [6.07, 6.45) is 7.89. The van der Waals surface area contributed by atoms with E-state index in [-0.39, 0.29) is 17.2 Å². The molecule has 146 valence electrons. The molecule has 28 heavy (non-hydrogen) atoms. The fourth-order valence-electron chi connectivity index (χ4n) is 2.24. The Hall–Kier alpha value is -3.12. The smallest absolute Gasteiger partial charge is 0.332 e. The highest BCUT2D eigenvalue weighted by atomic mass is 32.2. The van der Waals surface area contributed by atoms with Gasteiger partial charge in [0.25, 0.3) is 10.0 Å². The Morgan fingerprint density at radius 1 is 1.04 bits per heavy atom. The van der Waals surface area contributed by atoms with Gasteiger partial charge < -0.3 is 4.74 Å². The van der Waals surface area contributed by atoms with Crippen molar-refractivity contribution in [3.8, 4) is 0 Å². The van der Waals surface area contributed by atoms with Gasteiger partial charge in [0, 0.05) is 6.08 Å². The minimum atomic E-state index is -3.83. The maximum absolute atomic E-state index is 12.6. The van der Waals surface area contributed by atoms with Crippen molar-refractivity contribution in [3.63, 3.8) is 0 Å². The van der Waals surface area contributed by atoms with Gasteiger partial charge in [-0.3, -0.25) is 4.72 Å². The Labute approximate surface area is 166 Å². The second-order valence-electron chi connectivity index (χ2n) is 5.90. The van der Waals surface area contributed by atoms with E-state index in [1.807, 2.05) is 43.3 Å². The molecule has 0 unspecified atom stereocenters. The average molecular weight is 397 g/mol. The number of ether oxygens (including phenoxy) is 1. The molecule has 0 bridgehead atoms. The van der Waals surface area contributed by atoms with Gasteiger partial charge in [-0.05, 0) is 37.6 Å². The Kier molecular flexibility index (Phi) is 7.77. The fraction of sp³-hybridized carbons (Fsp3) is 0.136. The number of benzene rings is 2. The Morgan fingerprint density at radius 2 is 1.71 bits per heavy atom. The average Bonchev–Trinajstić information content (AvgIpc) is 2.66. The molecule has 1 N–H and O–H groups in total. The molecular weight excluding hydrogens is 374 g/mol. The predicted octanol–water partition coefficient (Wildman–Crippen LogP) is 3.99. The molecule has 0 fully saturated rings. The van der Waals surface area contributed by atoms with Crippen LogP contribution in [0.3, 0.4) is 0 Å². The minimum absolute atomic E-state index is 0.108. The van der Waals surface area contributed by atoms with Crippen LogP contribution >= 0.6 is 0 Å². The van der Waals surface area contributed by atoms with Crippen molar-refractivity contribution < 1.29 is 17.9 Å². The topological polar surface area (TPSA) is 72.5 Å². The van der Waals surface area contributed by atoms with E-state index in [1.165, 1.54) is 18.2 Å². The van der Waals surface area contributed by atoms with Crippen LogP contribution < -0.4 is 4.72 Å². The van der Waals surface area contributed by atoms with Crippen LogP contribution in [-0.2, 0) is 19.6 Å². The van der Waals surface area contributed by atoms with E-state index in [4.69, 9.17) is 4.74 Å². The van der Waals surface area contributed by atoms with Crippen LogP contribution in [0.5, 0.6) is 0 Å². The number of hydrogen-bond donors (Lipinski definition) is 1. The molecule has 0 saturated carbocycles. The van der Waals surface area contributed by atoms with Crippen LogP contribution in [0.1, 0.15) is 18.1 Å². The lowest BCUT2D eigenvalue weighted by molar-refractivity contribution is -0.137. The van der Waals surface area contributed by atoms with Gasteiger partial charge in [-0.2, -0.15) is 0 Å². The Morgan fingerprint density at radius 3 is 2.36 bits per heavy atom. The molecule has 0 heterocycles. The van der Waals surface area contributed by atoms with Crippen molar-refractivity contribution in [3.05, 3.63) is 95.7 Å². The van der Waals surface area contributed by atoms with Crippen LogP contribution in [0.2, 0.25) is 0 Å². The van der Waals surface area contributed by atoms with Gasteiger partial charge in [-0.15, -0.1) is 0 Å². The Balaban J connectivity index is 2.21. The molecule has 0 radical (unpaired) electrons. The van der Waals surface area contributed by atoms with Crippen molar-refractivity contribution in [1.82, 2.24) is 4.72 Å². The highest BCUT2D eigenvalue weighted by Gasteiger charge is 2.15. The summed E-state index contributed by atoms with van der Waals surface area (Å²) in [6, 6.07) is 16.1. The standard InChI is InChI=1S/C22H23NO4S/c1-3-27-22(24)17-20(12-8-7-11-19-9-5-4-6-10-19)23-28(25,26)21-15-13-18(2)14-16-21/h4-17,23H,3H2,1-2H3/b11-7+,12-8+,20-17-. The van der Waals surface area contributed by atoms with E-state index in [2.05, 4.69) is 4.72 Å². The molecule has 0 saturated heterocycles. The number of allylic oxidation sites excluding steroid dienone is 3. The molecule has 0 atom stereocenters. The summed E-state index contributed by atoms with van der Waals surface area (Å²) in [5.41, 5.74) is 2.06. The van der Waals surface area contributed by atoms with Crippen molar-refractivity contribution in [1.29, 1.82) is 0 Å². The molecule has 0 spiro atoms. The minimum Gasteiger partial charge on any atom is -0.463 e. The van der Waals surface area contributed by atoms with Crippen molar-refractivity contribution in [2.24, 2.45) is 0 Å². The lowest BCUT2D eigenvalue weighted by Crippen LogP contribution is -2.23. The molecular formula is C22H23NO4S. The van der Waals surface area contributed by atoms with Crippen molar-refractivity contribution >= 4 is 22.1 Å². The first-order valence-corrected chi connectivity index (χ1v) is 10.3. The number of nitrogens with one attached hydrogen (secondary N) is 1. The highest BCUT2D eigenvalue weighted by Crippen LogP contribution is 2.12. The first-order valence-electron chi connectivity index (χ1n) is 8.78. The van der Waals surface area contributed by atoms with E-state index >= 15 is 0 Å². The maximum atomic E-state index is 12.6. The van der Waals surface area contributed by atoms with Gasteiger partial charge in [-0.25, -0.2) is 13.2 Å². The molecule has 0 aliphatic rings. The number of carbonyl (C=O) groups is 1. The quantitative estimate of drug-likeness (QED) is 0.415. The molecule has 0 amide bonds. The van der Waals surface area contributed by atoms with Gasteiger partial charge in [0.1, 0.15) is 0 Å². The summed E-state index contributed by atoms with van der Waals surface area (Å²) in [5.74, 6) is -0.624. The van der Waals surface area contributed by atoms with Gasteiger partial charge in [0.05, 0.1) is 17.2 Å². The number of carbonyl (C=O) groups excluding carboxylic acids is 1. The Bertz CT molecular complexity index is 973. The molecule has 2 aromatic carbocycles. The third kappa shape index (κ3) is 6.89. The summed E-state index contributed by atoms with van der Waals surface area (Å²) in [4.78, 5) is 11.9. The third-order valence-corrected chi connectivity index (χ3v) is 5.02. The first-order chi connectivity index (χ1) is 13.4. The van der Waals surface area contributed by atoms with Crippen LogP contribution in [0.15, 0.2) is 89.5 Å². The molecule has 0 aromatic heterocycles. The SMILES string of the molecule is CCOC(=O)/C=C(/C=C/C=C/c1ccccc1)NS(=O)(=O)c1ccc(C)cc1. The summed E-state index contributed by atoms with van der Waals surface area (Å²) >= 11 is 0. The highest BCUT2D eigenvalue weighted by molar-refractivity contribution is 7.89. The number of hydrogen-bond acceptors (Lipinski definition) is 4. The number of rotatable bonds is 8. The van der Waals surface area contributed by atoms with Crippen LogP contribution in [0, 0.1) is 6.92 Å². The molecule has 0 aliphatic carbocycles. The molecule has 2 rings (SSSR count). The van der Waals surface area contributed by atoms with E-state index < -0.39 is 16.0 Å². The van der Waals surface area contributed by atoms with Gasteiger partial charge in [-0.1, -0.05) is 66.3 Å². The van der Waals surface area contributed by atoms with E-state index in [9.17, 15) is 13.2 Å². The summed E-state index contributed by atoms with van der Waals surface area (Å²) in [7, 11) is -3.83. The first kappa shape index (κ1) is 21.2. The molecule has 2 aromatic rings. The summed E-state index contributed by atoms with van der Waals surface area (Å²) in [6.45, 7) is 3.75. The van der Waals surface area contributed by atoms with Crippen molar-refractivity contribution in [2.45, 2.75) is 18.7 Å². The fourth-order valence-corrected chi connectivity index (χ4v) is 3.29. The number of esters is 1. The normalized spacial score (nSPS) is 12.4. The molecule has 5 nitrogen and oxygen atoms in total. The zero-order valence-electron chi connectivity index (χ0n) is 15.8. The van der Waals surface area contributed by atoms with Crippen LogP contribution in [0.4, 0.5) is 0 Å². The van der Waals surface area contributed by atoms with Crippen LogP contribution in [0.25, 0.3) is 6.08 Å². The lowest BCUT2D eigenvalue weighted by Gasteiger charge is -2.09. The van der Waals surface area contributed by atoms with Crippen LogP contribution in [-0.4, -0.2) is 21.0 Å². The predicted molar refractivity (Wildman–Crippen MR) is 111 cm³/mol. The van der Waals surface area contributed by atoms with Crippen molar-refractivity contribution in [2.75, 3.05) is 6.61 Å². The van der Waals surface area contributed by atoms with E-state index in [0.29, 0.717) is 0 Å². The summed E-state index contributed by atoms with van der Waals surface area (Å²) < 4.78 is 32.5. The van der Waals surface area contributed by atoms with E-state index in [0.717, 1.165) is 17.2 Å². The zero-order valence-corrected chi connectivity index (χ0v) is 16.6. The monoisotopic (exact) mass is 397 g/mol. The van der Waals surface area contributed by atoms with Gasteiger partial charge >= 0.3 is 5.97 Å². The summed E-state index contributed by atoms with van der Waals surface area (Å²) in [5, 5.41) is 0. The second-order valence-corrected chi connectivity index (χ2v) is 7.58. The lowest BCUT2D eigenvalue weighted by atomic mass is 10.2. The van der Waals surface area contributed by atoms with Gasteiger partial charge in [0.15, 0.2) is 0 Å². The largest absolute Gasteiger partial charge is 0.463 e. The number of aryl methyl sites for hydroxylation is 1. The second kappa shape index (κ2) is 10.3. The third-order valence-electron chi connectivity index (χ3n) is 3.62. The maximum Gasteiger partial charge on any atom is 0.332 e. The van der Waals surface area contributed by atoms with Gasteiger partial charge in [0.2, 0.25) is 0 Å². The molecule has 0 aliphatic heterocycles. The zero-order chi connectivity index (χ0) is 20.4. The van der Waals surface area contributed by atoms with E-state index in [1.54, 1.807) is 31.2 Å².